The highest BCUT2D eigenvalue weighted by Crippen LogP contribution is 2.17. The second kappa shape index (κ2) is 5.86. The van der Waals surface area contributed by atoms with E-state index in [0.29, 0.717) is 23.9 Å². The summed E-state index contributed by atoms with van der Waals surface area (Å²) >= 11 is 0. The Morgan fingerprint density at radius 2 is 2.11 bits per heavy atom. The van der Waals surface area contributed by atoms with Crippen molar-refractivity contribution >= 4 is 17.4 Å². The summed E-state index contributed by atoms with van der Waals surface area (Å²) in [7, 11) is 0. The smallest absolute Gasteiger partial charge is 0.274 e. The molecule has 0 fully saturated rings. The van der Waals surface area contributed by atoms with Crippen LogP contribution in [0.15, 0.2) is 42.5 Å². The Morgan fingerprint density at radius 1 is 1.32 bits per heavy atom. The molecule has 0 radical (unpaired) electrons. The Bertz CT molecular complexity index is 584. The summed E-state index contributed by atoms with van der Waals surface area (Å²) in [4.78, 5) is 15.9. The SMILES string of the molecule is CCOc1cccc(NC(=O)c2cccc(N)n2)c1. The van der Waals surface area contributed by atoms with Crippen molar-refractivity contribution in [3.8, 4) is 5.75 Å². The number of hydrogen-bond acceptors (Lipinski definition) is 4. The van der Waals surface area contributed by atoms with Gasteiger partial charge in [0, 0.05) is 11.8 Å². The number of carbonyl (C=O) groups is 1. The first-order valence-electron chi connectivity index (χ1n) is 5.96. The van der Waals surface area contributed by atoms with Crippen molar-refractivity contribution in [2.45, 2.75) is 6.92 Å². The van der Waals surface area contributed by atoms with Crippen LogP contribution < -0.4 is 15.8 Å². The third kappa shape index (κ3) is 3.45. The molecule has 1 amide bonds. The molecule has 5 heteroatoms. The van der Waals surface area contributed by atoms with E-state index in [1.54, 1.807) is 30.3 Å². The number of benzene rings is 1. The minimum absolute atomic E-state index is 0.279. The van der Waals surface area contributed by atoms with Gasteiger partial charge in [-0.05, 0) is 31.2 Å². The number of nitrogens with one attached hydrogen (secondary N) is 1. The Morgan fingerprint density at radius 3 is 2.84 bits per heavy atom. The van der Waals surface area contributed by atoms with Gasteiger partial charge in [0.25, 0.3) is 5.91 Å². The lowest BCUT2D eigenvalue weighted by molar-refractivity contribution is 0.102. The molecular weight excluding hydrogens is 242 g/mol. The number of ether oxygens (including phenoxy) is 1. The first kappa shape index (κ1) is 12.9. The van der Waals surface area contributed by atoms with E-state index >= 15 is 0 Å². The highest BCUT2D eigenvalue weighted by molar-refractivity contribution is 6.03. The van der Waals surface area contributed by atoms with E-state index in [0.717, 1.165) is 0 Å². The number of pyridine rings is 1. The molecule has 5 nitrogen and oxygen atoms in total. The van der Waals surface area contributed by atoms with Gasteiger partial charge in [0.05, 0.1) is 6.61 Å². The molecule has 0 spiro atoms. The number of aromatic nitrogens is 1. The largest absolute Gasteiger partial charge is 0.494 e. The average molecular weight is 257 g/mol. The highest BCUT2D eigenvalue weighted by Gasteiger charge is 2.08. The monoisotopic (exact) mass is 257 g/mol. The minimum atomic E-state index is -0.305. The van der Waals surface area contributed by atoms with Crippen molar-refractivity contribution in [3.05, 3.63) is 48.2 Å². The molecule has 0 aliphatic rings. The van der Waals surface area contributed by atoms with Crippen LogP contribution in [0.3, 0.4) is 0 Å². The van der Waals surface area contributed by atoms with Gasteiger partial charge in [-0.15, -0.1) is 0 Å². The van der Waals surface area contributed by atoms with Crippen molar-refractivity contribution in [1.82, 2.24) is 4.98 Å². The molecule has 0 atom stereocenters. The van der Waals surface area contributed by atoms with Crippen molar-refractivity contribution in [2.75, 3.05) is 17.7 Å². The Hall–Kier alpha value is -2.56. The van der Waals surface area contributed by atoms with Crippen molar-refractivity contribution in [2.24, 2.45) is 0 Å². The third-order valence-electron chi connectivity index (χ3n) is 2.41. The van der Waals surface area contributed by atoms with Crippen LogP contribution in [0.25, 0.3) is 0 Å². The number of rotatable bonds is 4. The van der Waals surface area contributed by atoms with E-state index in [2.05, 4.69) is 10.3 Å². The normalized spacial score (nSPS) is 9.95. The van der Waals surface area contributed by atoms with Gasteiger partial charge in [0.1, 0.15) is 17.3 Å². The van der Waals surface area contributed by atoms with Gasteiger partial charge in [-0.3, -0.25) is 4.79 Å². The number of anilines is 2. The molecule has 0 aliphatic carbocycles. The van der Waals surface area contributed by atoms with Gasteiger partial charge in [-0.2, -0.15) is 0 Å². The van der Waals surface area contributed by atoms with Gasteiger partial charge >= 0.3 is 0 Å². The molecule has 1 aromatic heterocycles. The van der Waals surface area contributed by atoms with Gasteiger partial charge in [0.15, 0.2) is 0 Å². The zero-order chi connectivity index (χ0) is 13.7. The molecule has 1 aromatic carbocycles. The van der Waals surface area contributed by atoms with Gasteiger partial charge in [-0.25, -0.2) is 4.98 Å². The summed E-state index contributed by atoms with van der Waals surface area (Å²) in [6, 6.07) is 12.1. The Labute approximate surface area is 111 Å². The predicted molar refractivity (Wildman–Crippen MR) is 74.2 cm³/mol. The van der Waals surface area contributed by atoms with E-state index in [9.17, 15) is 4.79 Å². The fourth-order valence-corrected chi connectivity index (χ4v) is 1.60. The number of nitrogens with zero attached hydrogens (tertiary/aromatic N) is 1. The maximum Gasteiger partial charge on any atom is 0.274 e. The van der Waals surface area contributed by atoms with E-state index in [4.69, 9.17) is 10.5 Å². The molecule has 98 valence electrons. The maximum absolute atomic E-state index is 12.0. The van der Waals surface area contributed by atoms with Crippen LogP contribution in [0, 0.1) is 0 Å². The number of nitrogens with two attached hydrogens (primary N) is 1. The number of carbonyl (C=O) groups excluding carboxylic acids is 1. The van der Waals surface area contributed by atoms with Crippen LogP contribution in [0.2, 0.25) is 0 Å². The molecule has 2 rings (SSSR count). The fraction of sp³-hybridized carbons (Fsp3) is 0.143. The standard InChI is InChI=1S/C14H15N3O2/c1-2-19-11-6-3-5-10(9-11)16-14(18)12-7-4-8-13(15)17-12/h3-9H,2H2,1H3,(H2,15,17)(H,16,18). The number of nitrogen functional groups attached to an aromatic ring is 1. The van der Waals surface area contributed by atoms with E-state index in [-0.39, 0.29) is 11.6 Å². The fourth-order valence-electron chi connectivity index (χ4n) is 1.60. The van der Waals surface area contributed by atoms with Crippen molar-refractivity contribution in [1.29, 1.82) is 0 Å². The topological polar surface area (TPSA) is 77.2 Å². The average Bonchev–Trinajstić information content (AvgIpc) is 2.39. The van der Waals surface area contributed by atoms with Crippen LogP contribution in [-0.2, 0) is 0 Å². The van der Waals surface area contributed by atoms with Crippen LogP contribution in [0.1, 0.15) is 17.4 Å². The molecule has 19 heavy (non-hydrogen) atoms. The summed E-state index contributed by atoms with van der Waals surface area (Å²) in [6.45, 7) is 2.48. The summed E-state index contributed by atoms with van der Waals surface area (Å²) in [5, 5.41) is 2.75. The zero-order valence-corrected chi connectivity index (χ0v) is 10.6. The molecule has 0 bridgehead atoms. The molecular formula is C14H15N3O2. The second-order valence-corrected chi connectivity index (χ2v) is 3.86. The molecule has 0 unspecified atom stereocenters. The summed E-state index contributed by atoms with van der Waals surface area (Å²) < 4.78 is 5.37. The lowest BCUT2D eigenvalue weighted by Crippen LogP contribution is -2.14. The van der Waals surface area contributed by atoms with E-state index < -0.39 is 0 Å². The number of hydrogen-bond donors (Lipinski definition) is 2. The Kier molecular flexibility index (Phi) is 3.97. The maximum atomic E-state index is 12.0. The zero-order valence-electron chi connectivity index (χ0n) is 10.6. The van der Waals surface area contributed by atoms with Crippen LogP contribution >= 0.6 is 0 Å². The van der Waals surface area contributed by atoms with Crippen LogP contribution in [0.4, 0.5) is 11.5 Å². The summed E-state index contributed by atoms with van der Waals surface area (Å²) in [5.74, 6) is 0.720. The van der Waals surface area contributed by atoms with Crippen molar-refractivity contribution < 1.29 is 9.53 Å². The first-order valence-corrected chi connectivity index (χ1v) is 5.96. The molecule has 3 N–H and O–H groups in total. The minimum Gasteiger partial charge on any atom is -0.494 e. The molecule has 2 aromatic rings. The van der Waals surface area contributed by atoms with E-state index in [1.165, 1.54) is 0 Å². The van der Waals surface area contributed by atoms with Gasteiger partial charge in [-0.1, -0.05) is 12.1 Å². The molecule has 0 aliphatic heterocycles. The van der Waals surface area contributed by atoms with Crippen LogP contribution in [-0.4, -0.2) is 17.5 Å². The third-order valence-corrected chi connectivity index (χ3v) is 2.41. The molecule has 1 heterocycles. The predicted octanol–water partition coefficient (Wildman–Crippen LogP) is 2.31. The van der Waals surface area contributed by atoms with Gasteiger partial charge < -0.3 is 15.8 Å². The summed E-state index contributed by atoms with van der Waals surface area (Å²) in [5.41, 5.74) is 6.47. The van der Waals surface area contributed by atoms with Crippen LogP contribution in [0.5, 0.6) is 5.75 Å². The highest BCUT2D eigenvalue weighted by atomic mass is 16.5. The molecule has 0 saturated heterocycles. The summed E-state index contributed by atoms with van der Waals surface area (Å²) in [6.07, 6.45) is 0. The quantitative estimate of drug-likeness (QED) is 0.881. The Balaban J connectivity index is 2.12. The lowest BCUT2D eigenvalue weighted by Gasteiger charge is -2.07. The lowest BCUT2D eigenvalue weighted by atomic mass is 10.2. The second-order valence-electron chi connectivity index (χ2n) is 3.86. The number of amides is 1. The van der Waals surface area contributed by atoms with Gasteiger partial charge in [0.2, 0.25) is 0 Å². The molecule has 0 saturated carbocycles. The first-order chi connectivity index (χ1) is 9.19. The van der Waals surface area contributed by atoms with Crippen molar-refractivity contribution in [3.63, 3.8) is 0 Å². The van der Waals surface area contributed by atoms with E-state index in [1.807, 2.05) is 19.1 Å².